The second kappa shape index (κ2) is 4.68. The Morgan fingerprint density at radius 1 is 1.31 bits per heavy atom. The Labute approximate surface area is 99.8 Å². The zero-order valence-electron chi connectivity index (χ0n) is 9.10. The van der Waals surface area contributed by atoms with E-state index in [0.29, 0.717) is 0 Å². The van der Waals surface area contributed by atoms with Crippen molar-refractivity contribution >= 4 is 11.6 Å². The molecule has 0 amide bonds. The number of nitrogens with two attached hydrogens (primary N) is 1. The number of halogens is 1. The summed E-state index contributed by atoms with van der Waals surface area (Å²) in [5.41, 5.74) is 8.18. The molecule has 2 aromatic rings. The van der Waals surface area contributed by atoms with Crippen molar-refractivity contribution in [2.45, 2.75) is 12.5 Å². The average Bonchev–Trinajstić information content (AvgIpc) is 2.65. The standard InChI is InChI=1S/C12H14ClN3/c1-16-7-6-11(15-16)8-12(14)9-2-4-10(13)5-3-9/h2-7,12H,8,14H2,1H3. The van der Waals surface area contributed by atoms with Gasteiger partial charge in [-0.25, -0.2) is 0 Å². The van der Waals surface area contributed by atoms with Crippen molar-refractivity contribution in [3.05, 3.63) is 52.8 Å². The van der Waals surface area contributed by atoms with E-state index >= 15 is 0 Å². The Morgan fingerprint density at radius 2 is 2.00 bits per heavy atom. The molecule has 0 aliphatic rings. The van der Waals surface area contributed by atoms with Crippen molar-refractivity contribution in [1.29, 1.82) is 0 Å². The van der Waals surface area contributed by atoms with E-state index in [2.05, 4.69) is 5.10 Å². The van der Waals surface area contributed by atoms with E-state index in [4.69, 9.17) is 17.3 Å². The lowest BCUT2D eigenvalue weighted by atomic mass is 10.0. The summed E-state index contributed by atoms with van der Waals surface area (Å²) in [4.78, 5) is 0. The predicted molar refractivity (Wildman–Crippen MR) is 65.3 cm³/mol. The van der Waals surface area contributed by atoms with Gasteiger partial charge in [-0.15, -0.1) is 0 Å². The predicted octanol–water partition coefficient (Wildman–Crippen LogP) is 2.32. The zero-order valence-corrected chi connectivity index (χ0v) is 9.85. The summed E-state index contributed by atoms with van der Waals surface area (Å²) in [6, 6.07) is 9.57. The molecule has 0 saturated heterocycles. The minimum Gasteiger partial charge on any atom is -0.324 e. The summed E-state index contributed by atoms with van der Waals surface area (Å²) in [6.45, 7) is 0. The zero-order chi connectivity index (χ0) is 11.5. The van der Waals surface area contributed by atoms with Crippen molar-refractivity contribution in [3.63, 3.8) is 0 Å². The smallest absolute Gasteiger partial charge is 0.0643 e. The molecule has 0 saturated carbocycles. The lowest BCUT2D eigenvalue weighted by Gasteiger charge is -2.10. The Balaban J connectivity index is 2.08. The largest absolute Gasteiger partial charge is 0.324 e. The molecule has 1 heterocycles. The van der Waals surface area contributed by atoms with E-state index < -0.39 is 0 Å². The number of rotatable bonds is 3. The topological polar surface area (TPSA) is 43.8 Å². The SMILES string of the molecule is Cn1ccc(CC(N)c2ccc(Cl)cc2)n1. The van der Waals surface area contributed by atoms with Gasteiger partial charge < -0.3 is 5.73 Å². The average molecular weight is 236 g/mol. The van der Waals surface area contributed by atoms with Crippen LogP contribution in [0.5, 0.6) is 0 Å². The molecule has 0 spiro atoms. The molecule has 84 valence electrons. The van der Waals surface area contributed by atoms with Crippen LogP contribution in [0.3, 0.4) is 0 Å². The fourth-order valence-corrected chi connectivity index (χ4v) is 1.75. The molecule has 1 aromatic carbocycles. The highest BCUT2D eigenvalue weighted by atomic mass is 35.5. The van der Waals surface area contributed by atoms with Gasteiger partial charge in [0.05, 0.1) is 5.69 Å². The number of nitrogens with zero attached hydrogens (tertiary/aromatic N) is 2. The first-order chi connectivity index (χ1) is 7.65. The second-order valence-electron chi connectivity index (χ2n) is 3.84. The Kier molecular flexibility index (Phi) is 3.27. The molecule has 2 N–H and O–H groups in total. The summed E-state index contributed by atoms with van der Waals surface area (Å²) in [5.74, 6) is 0. The van der Waals surface area contributed by atoms with Crippen LogP contribution in [0.1, 0.15) is 17.3 Å². The molecule has 2 rings (SSSR count). The van der Waals surface area contributed by atoms with Gasteiger partial charge in [0.1, 0.15) is 0 Å². The van der Waals surface area contributed by atoms with Crippen LogP contribution in [-0.2, 0) is 13.5 Å². The van der Waals surface area contributed by atoms with E-state index in [0.717, 1.165) is 22.7 Å². The van der Waals surface area contributed by atoms with Gasteiger partial charge in [-0.2, -0.15) is 5.10 Å². The summed E-state index contributed by atoms with van der Waals surface area (Å²) < 4.78 is 1.78. The highest BCUT2D eigenvalue weighted by molar-refractivity contribution is 6.30. The molecule has 0 aliphatic heterocycles. The highest BCUT2D eigenvalue weighted by Gasteiger charge is 2.08. The van der Waals surface area contributed by atoms with Crippen LogP contribution in [0.15, 0.2) is 36.5 Å². The Bertz CT molecular complexity index is 461. The van der Waals surface area contributed by atoms with Gasteiger partial charge in [-0.3, -0.25) is 4.68 Å². The number of benzene rings is 1. The van der Waals surface area contributed by atoms with Gasteiger partial charge in [0.15, 0.2) is 0 Å². The molecular formula is C12H14ClN3. The van der Waals surface area contributed by atoms with Crippen LogP contribution >= 0.6 is 11.6 Å². The molecule has 16 heavy (non-hydrogen) atoms. The van der Waals surface area contributed by atoms with E-state index in [1.165, 1.54) is 0 Å². The molecule has 0 fully saturated rings. The van der Waals surface area contributed by atoms with Gasteiger partial charge in [0.2, 0.25) is 0 Å². The summed E-state index contributed by atoms with van der Waals surface area (Å²) in [7, 11) is 1.90. The number of aromatic nitrogens is 2. The first kappa shape index (κ1) is 11.2. The van der Waals surface area contributed by atoms with Gasteiger partial charge in [0, 0.05) is 30.7 Å². The van der Waals surface area contributed by atoms with Gasteiger partial charge in [-0.05, 0) is 23.8 Å². The maximum Gasteiger partial charge on any atom is 0.0643 e. The fraction of sp³-hybridized carbons (Fsp3) is 0.250. The maximum atomic E-state index is 6.09. The molecule has 0 aliphatic carbocycles. The van der Waals surface area contributed by atoms with Crippen molar-refractivity contribution in [2.75, 3.05) is 0 Å². The molecule has 1 unspecified atom stereocenters. The van der Waals surface area contributed by atoms with Crippen molar-refractivity contribution in [2.24, 2.45) is 12.8 Å². The second-order valence-corrected chi connectivity index (χ2v) is 4.28. The summed E-state index contributed by atoms with van der Waals surface area (Å²) >= 11 is 5.82. The lowest BCUT2D eigenvalue weighted by Crippen LogP contribution is -2.13. The van der Waals surface area contributed by atoms with Crippen LogP contribution in [0.2, 0.25) is 5.02 Å². The minimum atomic E-state index is -0.0350. The van der Waals surface area contributed by atoms with Crippen molar-refractivity contribution in [3.8, 4) is 0 Å². The lowest BCUT2D eigenvalue weighted by molar-refractivity contribution is 0.675. The monoisotopic (exact) mass is 235 g/mol. The van der Waals surface area contributed by atoms with E-state index in [-0.39, 0.29) is 6.04 Å². The van der Waals surface area contributed by atoms with Crippen molar-refractivity contribution < 1.29 is 0 Å². The molecule has 4 heteroatoms. The van der Waals surface area contributed by atoms with Crippen LogP contribution in [0.4, 0.5) is 0 Å². The third kappa shape index (κ3) is 2.62. The van der Waals surface area contributed by atoms with Crippen LogP contribution in [-0.4, -0.2) is 9.78 Å². The third-order valence-corrected chi connectivity index (χ3v) is 2.75. The highest BCUT2D eigenvalue weighted by Crippen LogP contribution is 2.17. The molecular weight excluding hydrogens is 222 g/mol. The van der Waals surface area contributed by atoms with E-state index in [1.54, 1.807) is 4.68 Å². The first-order valence-corrected chi connectivity index (χ1v) is 5.52. The molecule has 1 aromatic heterocycles. The molecule has 1 atom stereocenters. The van der Waals surface area contributed by atoms with Crippen LogP contribution in [0, 0.1) is 0 Å². The Hall–Kier alpha value is -1.32. The Morgan fingerprint density at radius 3 is 2.56 bits per heavy atom. The number of aryl methyl sites for hydroxylation is 1. The van der Waals surface area contributed by atoms with Crippen molar-refractivity contribution in [1.82, 2.24) is 9.78 Å². The summed E-state index contributed by atoms with van der Waals surface area (Å²) in [6.07, 6.45) is 2.66. The summed E-state index contributed by atoms with van der Waals surface area (Å²) in [5, 5.41) is 5.03. The van der Waals surface area contributed by atoms with Gasteiger partial charge >= 0.3 is 0 Å². The van der Waals surface area contributed by atoms with Gasteiger partial charge in [0.25, 0.3) is 0 Å². The maximum absolute atomic E-state index is 6.09. The fourth-order valence-electron chi connectivity index (χ4n) is 1.63. The van der Waals surface area contributed by atoms with Crippen LogP contribution in [0.25, 0.3) is 0 Å². The van der Waals surface area contributed by atoms with E-state index in [1.807, 2.05) is 43.6 Å². The molecule has 0 radical (unpaired) electrons. The number of hydrogen-bond donors (Lipinski definition) is 1. The number of hydrogen-bond acceptors (Lipinski definition) is 2. The normalized spacial score (nSPS) is 12.7. The molecule has 0 bridgehead atoms. The first-order valence-electron chi connectivity index (χ1n) is 5.15. The third-order valence-electron chi connectivity index (χ3n) is 2.50. The van der Waals surface area contributed by atoms with E-state index in [9.17, 15) is 0 Å². The quantitative estimate of drug-likeness (QED) is 0.887. The molecule has 3 nitrogen and oxygen atoms in total. The van der Waals surface area contributed by atoms with Gasteiger partial charge in [-0.1, -0.05) is 23.7 Å². The van der Waals surface area contributed by atoms with Crippen LogP contribution < -0.4 is 5.73 Å². The minimum absolute atomic E-state index is 0.0350.